The van der Waals surface area contributed by atoms with Gasteiger partial charge in [-0.25, -0.2) is 0 Å². The fraction of sp³-hybridized carbons (Fsp3) is 0.167. The Hall–Kier alpha value is -2.26. The molecule has 0 amide bonds. The van der Waals surface area contributed by atoms with E-state index in [1.165, 1.54) is 0 Å². The first-order valence-electron chi connectivity index (χ1n) is 4.37. The lowest BCUT2D eigenvalue weighted by atomic mass is 10.1. The van der Waals surface area contributed by atoms with E-state index in [0.29, 0.717) is 24.0 Å². The van der Waals surface area contributed by atoms with Crippen molar-refractivity contribution in [3.05, 3.63) is 29.3 Å². The standard InChI is InChI=1S/C12H10N2O/c1-3-6-14(2)12-5-4-10(9-15)7-11(12)8-13/h1,4-5,7,9H,6H2,2H3. The van der Waals surface area contributed by atoms with Crippen molar-refractivity contribution in [1.82, 2.24) is 0 Å². The van der Waals surface area contributed by atoms with Crippen molar-refractivity contribution < 1.29 is 4.79 Å². The van der Waals surface area contributed by atoms with Gasteiger partial charge in [-0.05, 0) is 18.2 Å². The summed E-state index contributed by atoms with van der Waals surface area (Å²) in [5.41, 5.74) is 1.68. The van der Waals surface area contributed by atoms with E-state index in [1.807, 2.05) is 6.07 Å². The van der Waals surface area contributed by atoms with Crippen LogP contribution in [0.15, 0.2) is 18.2 Å². The number of carbonyl (C=O) groups is 1. The lowest BCUT2D eigenvalue weighted by Gasteiger charge is -2.17. The summed E-state index contributed by atoms with van der Waals surface area (Å²) in [5, 5.41) is 8.91. The van der Waals surface area contributed by atoms with Crippen LogP contribution in [0.5, 0.6) is 0 Å². The van der Waals surface area contributed by atoms with Gasteiger partial charge >= 0.3 is 0 Å². The van der Waals surface area contributed by atoms with Gasteiger partial charge in [-0.3, -0.25) is 4.79 Å². The number of carbonyl (C=O) groups excluding carboxylic acids is 1. The number of nitrogens with zero attached hydrogens (tertiary/aromatic N) is 2. The highest BCUT2D eigenvalue weighted by Crippen LogP contribution is 2.19. The Labute approximate surface area is 88.9 Å². The molecule has 1 aromatic carbocycles. The van der Waals surface area contributed by atoms with Gasteiger partial charge in [0.1, 0.15) is 12.4 Å². The molecule has 0 aliphatic heterocycles. The maximum atomic E-state index is 10.5. The van der Waals surface area contributed by atoms with Crippen LogP contribution in [0.25, 0.3) is 0 Å². The van der Waals surface area contributed by atoms with E-state index in [-0.39, 0.29) is 0 Å². The molecule has 0 bridgehead atoms. The number of terminal acetylenes is 1. The van der Waals surface area contributed by atoms with Crippen molar-refractivity contribution >= 4 is 12.0 Å². The third-order valence-electron chi connectivity index (χ3n) is 2.02. The Bertz CT molecular complexity index is 452. The molecule has 0 spiro atoms. The third-order valence-corrected chi connectivity index (χ3v) is 2.02. The van der Waals surface area contributed by atoms with Gasteiger partial charge in [0.15, 0.2) is 0 Å². The summed E-state index contributed by atoms with van der Waals surface area (Å²) in [6, 6.07) is 6.98. The topological polar surface area (TPSA) is 44.1 Å². The number of nitriles is 1. The van der Waals surface area contributed by atoms with E-state index < -0.39 is 0 Å². The lowest BCUT2D eigenvalue weighted by molar-refractivity contribution is 0.112. The zero-order valence-corrected chi connectivity index (χ0v) is 8.40. The number of anilines is 1. The molecule has 3 nitrogen and oxygen atoms in total. The summed E-state index contributed by atoms with van der Waals surface area (Å²) in [6.45, 7) is 0.426. The Morgan fingerprint density at radius 1 is 1.60 bits per heavy atom. The minimum atomic E-state index is 0.426. The molecule has 0 aliphatic carbocycles. The van der Waals surface area contributed by atoms with Gasteiger partial charge in [-0.1, -0.05) is 5.92 Å². The smallest absolute Gasteiger partial charge is 0.150 e. The van der Waals surface area contributed by atoms with Crippen LogP contribution >= 0.6 is 0 Å². The molecule has 0 saturated carbocycles. The predicted molar refractivity (Wildman–Crippen MR) is 58.6 cm³/mol. The maximum Gasteiger partial charge on any atom is 0.150 e. The number of aldehydes is 1. The van der Waals surface area contributed by atoms with E-state index in [2.05, 4.69) is 5.92 Å². The molecule has 0 N–H and O–H groups in total. The van der Waals surface area contributed by atoms with Crippen LogP contribution in [0.1, 0.15) is 15.9 Å². The zero-order valence-electron chi connectivity index (χ0n) is 8.40. The Morgan fingerprint density at radius 3 is 2.87 bits per heavy atom. The molecule has 1 aromatic rings. The molecule has 15 heavy (non-hydrogen) atoms. The molecule has 74 valence electrons. The van der Waals surface area contributed by atoms with Crippen molar-refractivity contribution in [3.8, 4) is 18.4 Å². The molecule has 0 saturated heterocycles. The van der Waals surface area contributed by atoms with Gasteiger partial charge in [0.05, 0.1) is 17.8 Å². The van der Waals surface area contributed by atoms with Crippen molar-refractivity contribution in [2.75, 3.05) is 18.5 Å². The largest absolute Gasteiger partial charge is 0.362 e. The first kappa shape index (κ1) is 10.8. The van der Waals surface area contributed by atoms with Gasteiger partial charge in [-0.2, -0.15) is 5.26 Å². The number of benzene rings is 1. The van der Waals surface area contributed by atoms with Crippen molar-refractivity contribution in [2.45, 2.75) is 0 Å². The van der Waals surface area contributed by atoms with Crippen molar-refractivity contribution in [1.29, 1.82) is 5.26 Å². The summed E-state index contributed by atoms with van der Waals surface area (Å²) in [4.78, 5) is 12.3. The fourth-order valence-corrected chi connectivity index (χ4v) is 1.27. The van der Waals surface area contributed by atoms with Crippen LogP contribution in [0, 0.1) is 23.7 Å². The van der Waals surface area contributed by atoms with E-state index in [0.717, 1.165) is 5.69 Å². The number of hydrogen-bond acceptors (Lipinski definition) is 3. The van der Waals surface area contributed by atoms with Gasteiger partial charge in [0.25, 0.3) is 0 Å². The van der Waals surface area contributed by atoms with Gasteiger partial charge < -0.3 is 4.90 Å². The molecular formula is C12H10N2O. The second-order valence-electron chi connectivity index (χ2n) is 3.07. The number of rotatable bonds is 3. The predicted octanol–water partition coefficient (Wildman–Crippen LogP) is 1.44. The second-order valence-corrected chi connectivity index (χ2v) is 3.07. The monoisotopic (exact) mass is 198 g/mol. The van der Waals surface area contributed by atoms with Crippen LogP contribution in [0.4, 0.5) is 5.69 Å². The lowest BCUT2D eigenvalue weighted by Crippen LogP contribution is -2.18. The maximum absolute atomic E-state index is 10.5. The van der Waals surface area contributed by atoms with Gasteiger partial charge in [0, 0.05) is 12.6 Å². The molecule has 0 aliphatic rings. The molecule has 3 heteroatoms. The Morgan fingerprint density at radius 2 is 2.33 bits per heavy atom. The molecule has 0 atom stereocenters. The van der Waals surface area contributed by atoms with Crippen LogP contribution in [0.3, 0.4) is 0 Å². The summed E-state index contributed by atoms with van der Waals surface area (Å²) in [5.74, 6) is 2.49. The molecular weight excluding hydrogens is 188 g/mol. The SMILES string of the molecule is C#CCN(C)c1ccc(C=O)cc1C#N. The summed E-state index contributed by atoms with van der Waals surface area (Å²) in [7, 11) is 1.80. The van der Waals surface area contributed by atoms with Gasteiger partial charge in [0.2, 0.25) is 0 Å². The Balaban J connectivity index is 3.15. The van der Waals surface area contributed by atoms with E-state index in [4.69, 9.17) is 11.7 Å². The third kappa shape index (κ3) is 2.36. The average molecular weight is 198 g/mol. The van der Waals surface area contributed by atoms with E-state index in [1.54, 1.807) is 30.1 Å². The van der Waals surface area contributed by atoms with Crippen molar-refractivity contribution in [2.24, 2.45) is 0 Å². The summed E-state index contributed by atoms with van der Waals surface area (Å²) in [6.07, 6.45) is 5.90. The Kier molecular flexibility index (Phi) is 3.49. The summed E-state index contributed by atoms with van der Waals surface area (Å²) >= 11 is 0. The first-order valence-corrected chi connectivity index (χ1v) is 4.37. The van der Waals surface area contributed by atoms with E-state index >= 15 is 0 Å². The van der Waals surface area contributed by atoms with Crippen LogP contribution in [-0.2, 0) is 0 Å². The fourth-order valence-electron chi connectivity index (χ4n) is 1.27. The van der Waals surface area contributed by atoms with Crippen LogP contribution in [0.2, 0.25) is 0 Å². The highest BCUT2D eigenvalue weighted by Gasteiger charge is 2.06. The van der Waals surface area contributed by atoms with Crippen molar-refractivity contribution in [3.63, 3.8) is 0 Å². The first-order chi connectivity index (χ1) is 7.22. The molecule has 1 rings (SSSR count). The summed E-state index contributed by atoms with van der Waals surface area (Å²) < 4.78 is 0. The van der Waals surface area contributed by atoms with Gasteiger partial charge in [-0.15, -0.1) is 6.42 Å². The minimum Gasteiger partial charge on any atom is -0.362 e. The molecule has 0 aromatic heterocycles. The average Bonchev–Trinajstić information content (AvgIpc) is 2.28. The quantitative estimate of drug-likeness (QED) is 0.545. The van der Waals surface area contributed by atoms with E-state index in [9.17, 15) is 4.79 Å². The highest BCUT2D eigenvalue weighted by atomic mass is 16.1. The second kappa shape index (κ2) is 4.83. The molecule has 0 fully saturated rings. The molecule has 0 heterocycles. The van der Waals surface area contributed by atoms with Crippen LogP contribution < -0.4 is 4.90 Å². The normalized spacial score (nSPS) is 8.73. The molecule has 0 radical (unpaired) electrons. The van der Waals surface area contributed by atoms with Crippen LogP contribution in [-0.4, -0.2) is 19.9 Å². The molecule has 0 unspecified atom stereocenters. The minimum absolute atomic E-state index is 0.426. The highest BCUT2D eigenvalue weighted by molar-refractivity contribution is 5.78. The number of hydrogen-bond donors (Lipinski definition) is 0. The zero-order chi connectivity index (χ0) is 11.3.